The fourth-order valence-electron chi connectivity index (χ4n) is 5.36. The molecule has 0 saturated carbocycles. The van der Waals surface area contributed by atoms with Crippen molar-refractivity contribution in [1.29, 1.82) is 0 Å². The molecule has 0 atom stereocenters. The third kappa shape index (κ3) is 4.49. The summed E-state index contributed by atoms with van der Waals surface area (Å²) in [5.74, 6) is 0.947. The Labute approximate surface area is 206 Å². The SMILES string of the molecule is CN(C)C1CCN(c2ccc(-c3ccc4ncc5nnc(CN6CCOCC6)n5c4c3)cc2)CC1. The Hall–Kier alpha value is -3.07. The zero-order chi connectivity index (χ0) is 23.8. The van der Waals surface area contributed by atoms with Crippen molar-refractivity contribution in [2.45, 2.75) is 25.4 Å². The van der Waals surface area contributed by atoms with Crippen LogP contribution >= 0.6 is 0 Å². The summed E-state index contributed by atoms with van der Waals surface area (Å²) >= 11 is 0. The van der Waals surface area contributed by atoms with E-state index in [0.29, 0.717) is 6.04 Å². The van der Waals surface area contributed by atoms with Crippen molar-refractivity contribution in [1.82, 2.24) is 29.4 Å². The summed E-state index contributed by atoms with van der Waals surface area (Å²) in [7, 11) is 4.38. The summed E-state index contributed by atoms with van der Waals surface area (Å²) in [6.45, 7) is 6.36. The first-order chi connectivity index (χ1) is 17.2. The van der Waals surface area contributed by atoms with E-state index in [-0.39, 0.29) is 0 Å². The maximum atomic E-state index is 5.50. The van der Waals surface area contributed by atoms with Gasteiger partial charge in [0.05, 0.1) is 37.0 Å². The molecule has 0 spiro atoms. The summed E-state index contributed by atoms with van der Waals surface area (Å²) in [5, 5.41) is 8.90. The average Bonchev–Trinajstić information content (AvgIpc) is 3.32. The van der Waals surface area contributed by atoms with Crippen LogP contribution in [-0.2, 0) is 11.3 Å². The fraction of sp³-hybridized carbons (Fsp3) is 0.444. The minimum absolute atomic E-state index is 0.694. The molecule has 2 aliphatic heterocycles. The van der Waals surface area contributed by atoms with Gasteiger partial charge in [0.2, 0.25) is 0 Å². The first kappa shape index (κ1) is 22.4. The van der Waals surface area contributed by atoms with E-state index in [1.54, 1.807) is 0 Å². The van der Waals surface area contributed by atoms with Crippen molar-refractivity contribution >= 4 is 22.4 Å². The number of hydrogen-bond donors (Lipinski definition) is 0. The van der Waals surface area contributed by atoms with Gasteiger partial charge in [-0.05, 0) is 62.3 Å². The van der Waals surface area contributed by atoms with Crippen LogP contribution in [0.3, 0.4) is 0 Å². The van der Waals surface area contributed by atoms with Gasteiger partial charge in [-0.15, -0.1) is 10.2 Å². The molecule has 2 saturated heterocycles. The van der Waals surface area contributed by atoms with Gasteiger partial charge < -0.3 is 14.5 Å². The Morgan fingerprint density at radius 3 is 2.40 bits per heavy atom. The third-order valence-electron chi connectivity index (χ3n) is 7.52. The molecule has 0 bridgehead atoms. The zero-order valence-electron chi connectivity index (χ0n) is 20.6. The highest BCUT2D eigenvalue weighted by Gasteiger charge is 2.21. The van der Waals surface area contributed by atoms with Crippen molar-refractivity contribution in [3.63, 3.8) is 0 Å². The van der Waals surface area contributed by atoms with Gasteiger partial charge in [-0.2, -0.15) is 0 Å². The predicted molar refractivity (Wildman–Crippen MR) is 139 cm³/mol. The number of morpholine rings is 1. The topological polar surface area (TPSA) is 62.0 Å². The number of aromatic nitrogens is 4. The second kappa shape index (κ2) is 9.53. The van der Waals surface area contributed by atoms with Gasteiger partial charge in [0.1, 0.15) is 0 Å². The molecule has 0 aliphatic carbocycles. The lowest BCUT2D eigenvalue weighted by Gasteiger charge is -2.36. The monoisotopic (exact) mass is 471 g/mol. The summed E-state index contributed by atoms with van der Waals surface area (Å²) in [5.41, 5.74) is 6.47. The van der Waals surface area contributed by atoms with E-state index >= 15 is 0 Å². The molecule has 4 aromatic rings. The molecule has 2 aromatic heterocycles. The number of ether oxygens (including phenoxy) is 1. The number of hydrogen-bond acceptors (Lipinski definition) is 7. The number of fused-ring (bicyclic) bond motifs is 3. The summed E-state index contributed by atoms with van der Waals surface area (Å²) < 4.78 is 7.66. The Morgan fingerprint density at radius 2 is 1.66 bits per heavy atom. The molecule has 8 heteroatoms. The number of rotatable bonds is 5. The van der Waals surface area contributed by atoms with Crippen molar-refractivity contribution < 1.29 is 4.74 Å². The fourth-order valence-corrected chi connectivity index (χ4v) is 5.36. The minimum Gasteiger partial charge on any atom is -0.379 e. The second-order valence-electron chi connectivity index (χ2n) is 9.89. The van der Waals surface area contributed by atoms with Gasteiger partial charge in [0.25, 0.3) is 0 Å². The Morgan fingerprint density at radius 1 is 0.914 bits per heavy atom. The highest BCUT2D eigenvalue weighted by molar-refractivity contribution is 5.83. The summed E-state index contributed by atoms with van der Waals surface area (Å²) in [6, 6.07) is 16.2. The number of anilines is 1. The summed E-state index contributed by atoms with van der Waals surface area (Å²) in [4.78, 5) is 11.9. The first-order valence-corrected chi connectivity index (χ1v) is 12.6. The molecule has 0 unspecified atom stereocenters. The largest absolute Gasteiger partial charge is 0.379 e. The lowest BCUT2D eigenvalue weighted by Crippen LogP contribution is -2.41. The van der Waals surface area contributed by atoms with Gasteiger partial charge in [-0.25, -0.2) is 0 Å². The minimum atomic E-state index is 0.694. The molecule has 2 aliphatic rings. The van der Waals surface area contributed by atoms with Crippen LogP contribution in [0.1, 0.15) is 18.7 Å². The molecule has 0 radical (unpaired) electrons. The van der Waals surface area contributed by atoms with Crippen LogP contribution in [0.4, 0.5) is 5.69 Å². The highest BCUT2D eigenvalue weighted by Crippen LogP contribution is 2.28. The Bertz CT molecular complexity index is 1300. The number of benzene rings is 2. The normalized spacial score (nSPS) is 18.2. The molecule has 182 valence electrons. The lowest BCUT2D eigenvalue weighted by molar-refractivity contribution is 0.0329. The van der Waals surface area contributed by atoms with Gasteiger partial charge >= 0.3 is 0 Å². The average molecular weight is 472 g/mol. The maximum absolute atomic E-state index is 5.50. The van der Waals surface area contributed by atoms with Crippen LogP contribution in [-0.4, -0.2) is 88.9 Å². The van der Waals surface area contributed by atoms with E-state index in [9.17, 15) is 0 Å². The Balaban J connectivity index is 1.28. The van der Waals surface area contributed by atoms with Crippen LogP contribution in [0.15, 0.2) is 48.7 Å². The maximum Gasteiger partial charge on any atom is 0.179 e. The molecule has 0 amide bonds. The summed E-state index contributed by atoms with van der Waals surface area (Å²) in [6.07, 6.45) is 4.24. The van der Waals surface area contributed by atoms with Crippen molar-refractivity contribution in [2.75, 3.05) is 58.4 Å². The van der Waals surface area contributed by atoms with Crippen molar-refractivity contribution in [3.05, 3.63) is 54.5 Å². The molecule has 35 heavy (non-hydrogen) atoms. The van der Waals surface area contributed by atoms with E-state index in [4.69, 9.17) is 4.74 Å². The van der Waals surface area contributed by atoms with E-state index in [2.05, 4.69) is 90.8 Å². The van der Waals surface area contributed by atoms with E-state index in [0.717, 1.165) is 68.4 Å². The van der Waals surface area contributed by atoms with Crippen LogP contribution < -0.4 is 4.90 Å². The molecule has 8 nitrogen and oxygen atoms in total. The first-order valence-electron chi connectivity index (χ1n) is 12.6. The highest BCUT2D eigenvalue weighted by atomic mass is 16.5. The third-order valence-corrected chi connectivity index (χ3v) is 7.52. The van der Waals surface area contributed by atoms with Crippen LogP contribution in [0, 0.1) is 0 Å². The predicted octanol–water partition coefficient (Wildman–Crippen LogP) is 3.31. The second-order valence-corrected chi connectivity index (χ2v) is 9.89. The van der Waals surface area contributed by atoms with Crippen molar-refractivity contribution in [2.24, 2.45) is 0 Å². The lowest BCUT2D eigenvalue weighted by atomic mass is 10.0. The molecule has 0 N–H and O–H groups in total. The van der Waals surface area contributed by atoms with Gasteiger partial charge in [-0.1, -0.05) is 18.2 Å². The molecule has 6 rings (SSSR count). The Kier molecular flexibility index (Phi) is 6.10. The number of nitrogens with zero attached hydrogens (tertiary/aromatic N) is 7. The number of piperidine rings is 1. The molecular weight excluding hydrogens is 438 g/mol. The van der Waals surface area contributed by atoms with Crippen LogP contribution in [0.25, 0.3) is 27.8 Å². The van der Waals surface area contributed by atoms with Gasteiger partial charge in [0.15, 0.2) is 11.5 Å². The molecule has 4 heterocycles. The zero-order valence-corrected chi connectivity index (χ0v) is 20.6. The van der Waals surface area contributed by atoms with E-state index in [1.807, 2.05) is 6.20 Å². The standard InChI is InChI=1S/C27H33N7O/c1-31(2)22-9-11-33(12-10-22)23-6-3-20(4-7-23)21-5-8-24-25(17-21)34-26(18-28-24)29-30-27(34)19-32-13-15-35-16-14-32/h3-8,17-18,22H,9-16,19H2,1-2H3. The van der Waals surface area contributed by atoms with E-state index < -0.39 is 0 Å². The molecule has 2 fully saturated rings. The van der Waals surface area contributed by atoms with Crippen LogP contribution in [0.5, 0.6) is 0 Å². The quantitative estimate of drug-likeness (QED) is 0.443. The van der Waals surface area contributed by atoms with Crippen molar-refractivity contribution in [3.8, 4) is 11.1 Å². The van der Waals surface area contributed by atoms with Gasteiger partial charge in [0, 0.05) is 37.9 Å². The van der Waals surface area contributed by atoms with E-state index in [1.165, 1.54) is 29.7 Å². The molecule has 2 aromatic carbocycles. The molecular formula is C27H33N7O. The van der Waals surface area contributed by atoms with Crippen LogP contribution in [0.2, 0.25) is 0 Å². The smallest absolute Gasteiger partial charge is 0.179 e. The van der Waals surface area contributed by atoms with Gasteiger partial charge in [-0.3, -0.25) is 14.3 Å².